The summed E-state index contributed by atoms with van der Waals surface area (Å²) in [6.45, 7) is 12.6. The first-order valence-corrected chi connectivity index (χ1v) is 10.3. The van der Waals surface area contributed by atoms with E-state index in [2.05, 4.69) is 68.0 Å². The standard InChI is InChI=1S/C15H25BrO2Si/c1-15(2,3)19(5,6)18-11-13-7-12(10-17-4)8-14(16)9-13/h7-9H,10-11H2,1-6H3. The van der Waals surface area contributed by atoms with Gasteiger partial charge in [0, 0.05) is 11.6 Å². The zero-order valence-electron chi connectivity index (χ0n) is 12.8. The van der Waals surface area contributed by atoms with Gasteiger partial charge in [-0.05, 0) is 41.4 Å². The van der Waals surface area contributed by atoms with Gasteiger partial charge in [0.05, 0.1) is 13.2 Å². The number of benzene rings is 1. The first kappa shape index (κ1) is 16.9. The molecule has 19 heavy (non-hydrogen) atoms. The van der Waals surface area contributed by atoms with E-state index in [-0.39, 0.29) is 5.04 Å². The largest absolute Gasteiger partial charge is 0.413 e. The molecule has 1 rings (SSSR count). The lowest BCUT2D eigenvalue weighted by Gasteiger charge is -2.36. The van der Waals surface area contributed by atoms with E-state index >= 15 is 0 Å². The van der Waals surface area contributed by atoms with Gasteiger partial charge >= 0.3 is 0 Å². The van der Waals surface area contributed by atoms with Gasteiger partial charge in [-0.3, -0.25) is 0 Å². The molecule has 0 N–H and O–H groups in total. The van der Waals surface area contributed by atoms with Crippen molar-refractivity contribution >= 4 is 24.2 Å². The third-order valence-electron chi connectivity index (χ3n) is 3.73. The quantitative estimate of drug-likeness (QED) is 0.690. The Morgan fingerprint density at radius 3 is 2.05 bits per heavy atom. The lowest BCUT2D eigenvalue weighted by atomic mass is 10.1. The van der Waals surface area contributed by atoms with E-state index in [1.54, 1.807) is 7.11 Å². The van der Waals surface area contributed by atoms with Crippen molar-refractivity contribution < 1.29 is 9.16 Å². The Bertz CT molecular complexity index is 425. The second-order valence-corrected chi connectivity index (χ2v) is 12.2. The molecule has 0 aliphatic carbocycles. The third-order valence-corrected chi connectivity index (χ3v) is 8.67. The molecule has 1 aromatic carbocycles. The normalized spacial score (nSPS) is 12.8. The Morgan fingerprint density at radius 1 is 1.05 bits per heavy atom. The number of methoxy groups -OCH3 is 1. The molecule has 0 amide bonds. The third kappa shape index (κ3) is 5.03. The fourth-order valence-corrected chi connectivity index (χ4v) is 3.08. The molecule has 0 unspecified atom stereocenters. The highest BCUT2D eigenvalue weighted by Crippen LogP contribution is 2.37. The minimum Gasteiger partial charge on any atom is -0.413 e. The minimum atomic E-state index is -1.69. The van der Waals surface area contributed by atoms with Crippen LogP contribution in [0.4, 0.5) is 0 Å². The molecule has 0 bridgehead atoms. The highest BCUT2D eigenvalue weighted by atomic mass is 79.9. The van der Waals surface area contributed by atoms with E-state index in [0.29, 0.717) is 13.2 Å². The van der Waals surface area contributed by atoms with Gasteiger partial charge in [0.2, 0.25) is 0 Å². The Morgan fingerprint density at radius 2 is 1.58 bits per heavy atom. The van der Waals surface area contributed by atoms with E-state index in [1.165, 1.54) is 11.1 Å². The number of ether oxygens (including phenoxy) is 1. The average Bonchev–Trinajstić information content (AvgIpc) is 2.25. The molecule has 0 saturated heterocycles. The lowest BCUT2D eigenvalue weighted by molar-refractivity contribution is 0.184. The number of rotatable bonds is 5. The Balaban J connectivity index is 2.78. The van der Waals surface area contributed by atoms with E-state index in [0.717, 1.165) is 4.47 Å². The fourth-order valence-electron chi connectivity index (χ4n) is 1.53. The number of halogens is 1. The number of hydrogen-bond acceptors (Lipinski definition) is 2. The van der Waals surface area contributed by atoms with Gasteiger partial charge in [-0.25, -0.2) is 0 Å². The molecule has 0 aliphatic rings. The van der Waals surface area contributed by atoms with Gasteiger partial charge in [-0.15, -0.1) is 0 Å². The molecule has 0 aromatic heterocycles. The van der Waals surface area contributed by atoms with Crippen LogP contribution in [-0.4, -0.2) is 15.4 Å². The first-order valence-electron chi connectivity index (χ1n) is 6.57. The molecule has 0 spiro atoms. The van der Waals surface area contributed by atoms with Crippen LogP contribution < -0.4 is 0 Å². The maximum absolute atomic E-state index is 6.25. The first-order chi connectivity index (χ1) is 8.65. The van der Waals surface area contributed by atoms with Gasteiger partial charge < -0.3 is 9.16 Å². The van der Waals surface area contributed by atoms with Crippen molar-refractivity contribution in [2.75, 3.05) is 7.11 Å². The summed E-state index contributed by atoms with van der Waals surface area (Å²) >= 11 is 3.54. The summed E-state index contributed by atoms with van der Waals surface area (Å²) in [7, 11) is 0.0275. The second kappa shape index (κ2) is 6.53. The monoisotopic (exact) mass is 344 g/mol. The van der Waals surface area contributed by atoms with Crippen LogP contribution in [-0.2, 0) is 22.4 Å². The summed E-state index contributed by atoms with van der Waals surface area (Å²) < 4.78 is 12.5. The molecular formula is C15H25BrO2Si. The van der Waals surface area contributed by atoms with Gasteiger partial charge in [0.15, 0.2) is 8.32 Å². The predicted molar refractivity (Wildman–Crippen MR) is 86.8 cm³/mol. The molecule has 0 aliphatic heterocycles. The van der Waals surface area contributed by atoms with Crippen LogP contribution in [0.1, 0.15) is 31.9 Å². The molecule has 0 radical (unpaired) electrons. The zero-order valence-corrected chi connectivity index (χ0v) is 15.4. The maximum Gasteiger partial charge on any atom is 0.192 e. The zero-order chi connectivity index (χ0) is 14.7. The van der Waals surface area contributed by atoms with E-state index in [1.807, 2.05) is 0 Å². The van der Waals surface area contributed by atoms with Gasteiger partial charge in [-0.1, -0.05) is 42.8 Å². The van der Waals surface area contributed by atoms with Gasteiger partial charge in [0.25, 0.3) is 0 Å². The molecule has 108 valence electrons. The Labute approximate surface area is 126 Å². The van der Waals surface area contributed by atoms with Crippen molar-refractivity contribution in [3.05, 3.63) is 33.8 Å². The highest BCUT2D eigenvalue weighted by molar-refractivity contribution is 9.10. The van der Waals surface area contributed by atoms with E-state index < -0.39 is 8.32 Å². The summed E-state index contributed by atoms with van der Waals surface area (Å²) in [6.07, 6.45) is 0. The van der Waals surface area contributed by atoms with Gasteiger partial charge in [-0.2, -0.15) is 0 Å². The van der Waals surface area contributed by atoms with E-state index in [9.17, 15) is 0 Å². The molecule has 4 heteroatoms. The van der Waals surface area contributed by atoms with Crippen LogP contribution in [0.25, 0.3) is 0 Å². The van der Waals surface area contributed by atoms with Crippen molar-refractivity contribution in [3.8, 4) is 0 Å². The van der Waals surface area contributed by atoms with Crippen molar-refractivity contribution in [2.24, 2.45) is 0 Å². The molecule has 2 nitrogen and oxygen atoms in total. The molecule has 1 aromatic rings. The topological polar surface area (TPSA) is 18.5 Å². The molecule has 0 fully saturated rings. The average molecular weight is 345 g/mol. The summed E-state index contributed by atoms with van der Waals surface area (Å²) in [5.41, 5.74) is 2.37. The molecule has 0 atom stereocenters. The van der Waals surface area contributed by atoms with Crippen LogP contribution in [0.3, 0.4) is 0 Å². The maximum atomic E-state index is 6.25. The predicted octanol–water partition coefficient (Wildman–Crippen LogP) is 5.12. The van der Waals surface area contributed by atoms with Crippen LogP contribution in [0.5, 0.6) is 0 Å². The summed E-state index contributed by atoms with van der Waals surface area (Å²) in [5, 5.41) is 0.244. The lowest BCUT2D eigenvalue weighted by Crippen LogP contribution is -2.40. The Hall–Kier alpha value is -0.163. The summed E-state index contributed by atoms with van der Waals surface area (Å²) in [5.74, 6) is 0. The van der Waals surface area contributed by atoms with Crippen LogP contribution >= 0.6 is 15.9 Å². The Kier molecular flexibility index (Phi) is 5.80. The smallest absolute Gasteiger partial charge is 0.192 e. The molecule has 0 heterocycles. The minimum absolute atomic E-state index is 0.244. The van der Waals surface area contributed by atoms with Crippen LogP contribution in [0.2, 0.25) is 18.1 Å². The van der Waals surface area contributed by atoms with Gasteiger partial charge in [0.1, 0.15) is 0 Å². The summed E-state index contributed by atoms with van der Waals surface area (Å²) in [6, 6.07) is 6.35. The van der Waals surface area contributed by atoms with Crippen molar-refractivity contribution in [1.29, 1.82) is 0 Å². The fraction of sp³-hybridized carbons (Fsp3) is 0.600. The van der Waals surface area contributed by atoms with Crippen molar-refractivity contribution in [3.63, 3.8) is 0 Å². The van der Waals surface area contributed by atoms with Crippen LogP contribution in [0, 0.1) is 0 Å². The second-order valence-electron chi connectivity index (χ2n) is 6.45. The van der Waals surface area contributed by atoms with E-state index in [4.69, 9.17) is 9.16 Å². The summed E-state index contributed by atoms with van der Waals surface area (Å²) in [4.78, 5) is 0. The van der Waals surface area contributed by atoms with Crippen molar-refractivity contribution in [2.45, 2.75) is 52.1 Å². The van der Waals surface area contributed by atoms with Crippen molar-refractivity contribution in [1.82, 2.24) is 0 Å². The molecular weight excluding hydrogens is 320 g/mol. The molecule has 0 saturated carbocycles. The SMILES string of the molecule is COCc1cc(Br)cc(CO[Si](C)(C)C(C)(C)C)c1. The number of hydrogen-bond donors (Lipinski definition) is 0. The van der Waals surface area contributed by atoms with Crippen LogP contribution in [0.15, 0.2) is 22.7 Å². The highest BCUT2D eigenvalue weighted by Gasteiger charge is 2.36.